The van der Waals surface area contributed by atoms with E-state index < -0.39 is 0 Å². The maximum absolute atomic E-state index is 11.9. The van der Waals surface area contributed by atoms with Crippen molar-refractivity contribution in [2.45, 2.75) is 12.8 Å². The van der Waals surface area contributed by atoms with E-state index in [2.05, 4.69) is 9.97 Å². The Kier molecular flexibility index (Phi) is 4.88. The first-order valence-corrected chi connectivity index (χ1v) is 7.82. The summed E-state index contributed by atoms with van der Waals surface area (Å²) in [4.78, 5) is 8.94. The number of pyridine rings is 2. The van der Waals surface area contributed by atoms with Gasteiger partial charge in [-0.05, 0) is 35.7 Å². The van der Waals surface area contributed by atoms with E-state index in [9.17, 15) is 10.2 Å². The zero-order valence-electron chi connectivity index (χ0n) is 13.2. The van der Waals surface area contributed by atoms with Crippen LogP contribution < -0.4 is 10.2 Å². The normalized spacial score (nSPS) is 10.7. The van der Waals surface area contributed by atoms with E-state index in [1.54, 1.807) is 12.1 Å². The molecule has 5 heteroatoms. The molecule has 25 heavy (non-hydrogen) atoms. The summed E-state index contributed by atoms with van der Waals surface area (Å²) in [6.45, 7) is 0. The van der Waals surface area contributed by atoms with Crippen LogP contribution in [0.3, 0.4) is 0 Å². The molecule has 4 rings (SSSR count). The van der Waals surface area contributed by atoms with Gasteiger partial charge in [-0.2, -0.15) is 0 Å². The van der Waals surface area contributed by atoms with Gasteiger partial charge in [0.1, 0.15) is 0 Å². The number of rotatable bonds is 3. The van der Waals surface area contributed by atoms with E-state index >= 15 is 0 Å². The van der Waals surface area contributed by atoms with Gasteiger partial charge in [-0.3, -0.25) is 9.97 Å². The smallest absolute Gasteiger partial charge is 0.871 e. The minimum Gasteiger partial charge on any atom is -0.871 e. The Morgan fingerprint density at radius 1 is 0.600 bits per heavy atom. The molecule has 0 saturated carbocycles. The molecule has 0 amide bonds. The predicted octanol–water partition coefficient (Wildman–Crippen LogP) is 2.71. The van der Waals surface area contributed by atoms with Crippen LogP contribution in [0, 0.1) is 0 Å². The number of aromatic nitrogens is 2. The van der Waals surface area contributed by atoms with Crippen LogP contribution in [-0.2, 0) is 29.9 Å². The quantitative estimate of drug-likeness (QED) is 0.514. The second-order valence-corrected chi connectivity index (χ2v) is 5.76. The Hall–Kier alpha value is -2.62. The monoisotopic (exact) mass is 377 g/mol. The first-order valence-electron chi connectivity index (χ1n) is 7.82. The van der Waals surface area contributed by atoms with Crippen LogP contribution in [0.4, 0.5) is 0 Å². The standard InChI is InChI=1S/C20H16N2O2.Cu/c23-17-5-1-3-13-7-9-15(21-19(13)17)11-12-16-10-8-14-4-2-6-18(24)20(14)22-16;/h1-10,23-24H,11-12H2;/q;+2/p-2. The van der Waals surface area contributed by atoms with E-state index in [4.69, 9.17) is 0 Å². The first kappa shape index (κ1) is 17.2. The Balaban J connectivity index is 0.00000182. The molecule has 2 aromatic carbocycles. The van der Waals surface area contributed by atoms with Gasteiger partial charge in [0.05, 0.1) is 11.0 Å². The van der Waals surface area contributed by atoms with Crippen molar-refractivity contribution in [1.82, 2.24) is 9.97 Å². The summed E-state index contributed by atoms with van der Waals surface area (Å²) in [6, 6.07) is 18.0. The van der Waals surface area contributed by atoms with E-state index in [-0.39, 0.29) is 28.6 Å². The van der Waals surface area contributed by atoms with E-state index in [1.807, 2.05) is 36.4 Å². The molecule has 0 saturated heterocycles. The fraction of sp³-hybridized carbons (Fsp3) is 0.100. The minimum absolute atomic E-state index is 0. The van der Waals surface area contributed by atoms with Crippen molar-refractivity contribution >= 4 is 21.8 Å². The molecule has 0 aliphatic heterocycles. The summed E-state index contributed by atoms with van der Waals surface area (Å²) >= 11 is 0. The van der Waals surface area contributed by atoms with Crippen LogP contribution in [-0.4, -0.2) is 9.97 Å². The molecule has 4 aromatic rings. The van der Waals surface area contributed by atoms with Crippen molar-refractivity contribution < 1.29 is 27.3 Å². The van der Waals surface area contributed by atoms with Crippen molar-refractivity contribution in [1.29, 1.82) is 0 Å². The molecule has 0 atom stereocenters. The number of benzene rings is 2. The van der Waals surface area contributed by atoms with Gasteiger partial charge in [0.15, 0.2) is 0 Å². The third kappa shape index (κ3) is 3.43. The SMILES string of the molecule is [Cu+2].[O-]c1cccc2ccc(CCc3ccc4cccc([O-])c4n3)nc12. The molecule has 0 N–H and O–H groups in total. The fourth-order valence-electron chi connectivity index (χ4n) is 2.86. The molecule has 1 radical (unpaired) electrons. The summed E-state index contributed by atoms with van der Waals surface area (Å²) < 4.78 is 0. The molecule has 0 aliphatic carbocycles. The maximum atomic E-state index is 11.9. The van der Waals surface area contributed by atoms with Crippen molar-refractivity contribution in [3.05, 3.63) is 72.1 Å². The first-order chi connectivity index (χ1) is 11.7. The van der Waals surface area contributed by atoms with Crippen LogP contribution in [0.15, 0.2) is 60.7 Å². The molecule has 0 unspecified atom stereocenters. The largest absolute Gasteiger partial charge is 2.00 e. The fourth-order valence-corrected chi connectivity index (χ4v) is 2.86. The van der Waals surface area contributed by atoms with Crippen molar-refractivity contribution in [3.8, 4) is 11.5 Å². The average molecular weight is 378 g/mol. The predicted molar refractivity (Wildman–Crippen MR) is 89.8 cm³/mol. The number of para-hydroxylation sites is 2. The number of hydrogen-bond acceptors (Lipinski definition) is 4. The Labute approximate surface area is 155 Å². The minimum atomic E-state index is -0.0609. The summed E-state index contributed by atoms with van der Waals surface area (Å²) in [5.41, 5.74) is 2.71. The molecule has 0 bridgehead atoms. The van der Waals surface area contributed by atoms with Crippen LogP contribution >= 0.6 is 0 Å². The van der Waals surface area contributed by atoms with Gasteiger partial charge >= 0.3 is 17.1 Å². The van der Waals surface area contributed by atoms with E-state index in [0.717, 1.165) is 22.2 Å². The molecular formula is C20H14CuN2O2. The number of fused-ring (bicyclic) bond motifs is 2. The van der Waals surface area contributed by atoms with Gasteiger partial charge in [-0.1, -0.05) is 60.0 Å². The van der Waals surface area contributed by atoms with Crippen molar-refractivity contribution in [2.24, 2.45) is 0 Å². The second-order valence-electron chi connectivity index (χ2n) is 5.76. The molecular weight excluding hydrogens is 364 g/mol. The second kappa shape index (κ2) is 7.09. The summed E-state index contributed by atoms with van der Waals surface area (Å²) in [6.07, 6.45) is 1.34. The Bertz CT molecular complexity index is 965. The van der Waals surface area contributed by atoms with Crippen molar-refractivity contribution in [2.75, 3.05) is 0 Å². The molecule has 0 aliphatic rings. The summed E-state index contributed by atoms with van der Waals surface area (Å²) in [5, 5.41) is 25.5. The van der Waals surface area contributed by atoms with Gasteiger partial charge in [0.2, 0.25) is 0 Å². The molecule has 0 spiro atoms. The zero-order chi connectivity index (χ0) is 16.5. The van der Waals surface area contributed by atoms with E-state index in [0.29, 0.717) is 23.9 Å². The molecule has 2 heterocycles. The molecule has 0 fully saturated rings. The third-order valence-corrected chi connectivity index (χ3v) is 4.12. The van der Waals surface area contributed by atoms with Gasteiger partial charge in [-0.25, -0.2) is 0 Å². The molecule has 2 aromatic heterocycles. The third-order valence-electron chi connectivity index (χ3n) is 4.12. The zero-order valence-corrected chi connectivity index (χ0v) is 14.1. The molecule has 127 valence electrons. The summed E-state index contributed by atoms with van der Waals surface area (Å²) in [5.74, 6) is -0.122. The Morgan fingerprint density at radius 3 is 1.48 bits per heavy atom. The van der Waals surface area contributed by atoms with Crippen LogP contribution in [0.25, 0.3) is 21.8 Å². The van der Waals surface area contributed by atoms with Gasteiger partial charge in [-0.15, -0.1) is 0 Å². The Morgan fingerprint density at radius 2 is 1.04 bits per heavy atom. The van der Waals surface area contributed by atoms with Gasteiger partial charge < -0.3 is 10.2 Å². The summed E-state index contributed by atoms with van der Waals surface area (Å²) in [7, 11) is 0. The van der Waals surface area contributed by atoms with Crippen LogP contribution in [0.5, 0.6) is 11.5 Å². The van der Waals surface area contributed by atoms with E-state index in [1.165, 1.54) is 12.1 Å². The van der Waals surface area contributed by atoms with Crippen LogP contribution in [0.1, 0.15) is 11.4 Å². The van der Waals surface area contributed by atoms with Gasteiger partial charge in [0.25, 0.3) is 0 Å². The average Bonchev–Trinajstić information content (AvgIpc) is 2.61. The van der Waals surface area contributed by atoms with Crippen LogP contribution in [0.2, 0.25) is 0 Å². The van der Waals surface area contributed by atoms with Gasteiger partial charge in [0, 0.05) is 11.4 Å². The number of hydrogen-bond donors (Lipinski definition) is 0. The maximum Gasteiger partial charge on any atom is 2.00 e. The molecule has 4 nitrogen and oxygen atoms in total. The topological polar surface area (TPSA) is 71.9 Å². The number of aryl methyl sites for hydroxylation is 2. The van der Waals surface area contributed by atoms with Crippen molar-refractivity contribution in [3.63, 3.8) is 0 Å². The number of nitrogens with zero attached hydrogens (tertiary/aromatic N) is 2.